The Bertz CT molecular complexity index is 594. The standard InChI is InChI=1S/C9H7F3O5S2/c1-18-5-2-3-6(8(13)14)7(4-5)17-19(15,16)9(10,11)12/h2-4H,1H3,(H,13,14). The molecule has 19 heavy (non-hydrogen) atoms. The van der Waals surface area contributed by atoms with Crippen molar-refractivity contribution < 1.29 is 35.7 Å². The Hall–Kier alpha value is -1.42. The molecule has 0 amide bonds. The van der Waals surface area contributed by atoms with Gasteiger partial charge in [-0.25, -0.2) is 4.79 Å². The maximum atomic E-state index is 12.2. The summed E-state index contributed by atoms with van der Waals surface area (Å²) in [6.45, 7) is 0. The average Bonchev–Trinajstić information content (AvgIpc) is 2.26. The first-order valence-corrected chi connectivity index (χ1v) is 7.14. The second-order valence-corrected chi connectivity index (χ2v) is 5.57. The van der Waals surface area contributed by atoms with Gasteiger partial charge in [0.15, 0.2) is 5.75 Å². The SMILES string of the molecule is CSc1ccc(C(=O)O)c(OS(=O)(=O)C(F)(F)F)c1. The van der Waals surface area contributed by atoms with Crippen LogP contribution in [0, 0.1) is 0 Å². The number of aromatic carboxylic acids is 1. The maximum absolute atomic E-state index is 12.2. The molecule has 0 atom stereocenters. The van der Waals surface area contributed by atoms with Crippen LogP contribution < -0.4 is 4.18 Å². The number of benzene rings is 1. The van der Waals surface area contributed by atoms with E-state index in [0.29, 0.717) is 4.90 Å². The van der Waals surface area contributed by atoms with E-state index in [-0.39, 0.29) is 0 Å². The molecule has 1 aromatic rings. The van der Waals surface area contributed by atoms with E-state index < -0.39 is 32.9 Å². The molecule has 0 saturated heterocycles. The van der Waals surface area contributed by atoms with Crippen molar-refractivity contribution in [2.24, 2.45) is 0 Å². The predicted octanol–water partition coefficient (Wildman–Crippen LogP) is 2.34. The van der Waals surface area contributed by atoms with Gasteiger partial charge in [0.2, 0.25) is 0 Å². The van der Waals surface area contributed by atoms with Gasteiger partial charge in [-0.1, -0.05) is 0 Å². The number of thioether (sulfide) groups is 1. The highest BCUT2D eigenvalue weighted by Crippen LogP contribution is 2.31. The van der Waals surface area contributed by atoms with Crippen molar-refractivity contribution in [1.29, 1.82) is 0 Å². The van der Waals surface area contributed by atoms with Crippen LogP contribution in [0.25, 0.3) is 0 Å². The largest absolute Gasteiger partial charge is 0.534 e. The summed E-state index contributed by atoms with van der Waals surface area (Å²) in [5, 5.41) is 8.77. The molecule has 0 spiro atoms. The normalized spacial score (nSPS) is 12.2. The van der Waals surface area contributed by atoms with Crippen LogP contribution in [-0.2, 0) is 10.1 Å². The summed E-state index contributed by atoms with van der Waals surface area (Å²) in [6.07, 6.45) is 1.58. The van der Waals surface area contributed by atoms with Gasteiger partial charge in [0, 0.05) is 4.90 Å². The number of alkyl halides is 3. The van der Waals surface area contributed by atoms with Crippen LogP contribution in [-0.4, -0.2) is 31.3 Å². The van der Waals surface area contributed by atoms with Gasteiger partial charge in [-0.3, -0.25) is 0 Å². The van der Waals surface area contributed by atoms with Gasteiger partial charge in [0.05, 0.1) is 0 Å². The molecule has 0 aliphatic carbocycles. The summed E-state index contributed by atoms with van der Waals surface area (Å²) in [4.78, 5) is 11.2. The van der Waals surface area contributed by atoms with Gasteiger partial charge in [0.1, 0.15) is 5.56 Å². The second kappa shape index (κ2) is 5.29. The van der Waals surface area contributed by atoms with Gasteiger partial charge in [-0.15, -0.1) is 11.8 Å². The smallest absolute Gasteiger partial charge is 0.478 e. The third-order valence-electron chi connectivity index (χ3n) is 1.90. The highest BCUT2D eigenvalue weighted by molar-refractivity contribution is 7.98. The number of halogens is 3. The fraction of sp³-hybridized carbons (Fsp3) is 0.222. The monoisotopic (exact) mass is 316 g/mol. The zero-order valence-electron chi connectivity index (χ0n) is 9.26. The van der Waals surface area contributed by atoms with Crippen LogP contribution >= 0.6 is 11.8 Å². The highest BCUT2D eigenvalue weighted by atomic mass is 32.2. The molecule has 1 rings (SSSR count). The van der Waals surface area contributed by atoms with E-state index in [9.17, 15) is 26.4 Å². The fourth-order valence-electron chi connectivity index (χ4n) is 1.04. The molecule has 106 valence electrons. The predicted molar refractivity (Wildman–Crippen MR) is 60.8 cm³/mol. The van der Waals surface area contributed by atoms with Gasteiger partial charge in [0.25, 0.3) is 0 Å². The zero-order chi connectivity index (χ0) is 14.8. The highest BCUT2D eigenvalue weighted by Gasteiger charge is 2.49. The average molecular weight is 316 g/mol. The molecule has 0 heterocycles. The number of hydrogen-bond donors (Lipinski definition) is 1. The molecular weight excluding hydrogens is 309 g/mol. The lowest BCUT2D eigenvalue weighted by atomic mass is 10.2. The summed E-state index contributed by atoms with van der Waals surface area (Å²) < 4.78 is 62.1. The Labute approximate surface area is 110 Å². The second-order valence-electron chi connectivity index (χ2n) is 3.15. The van der Waals surface area contributed by atoms with E-state index >= 15 is 0 Å². The van der Waals surface area contributed by atoms with Crippen molar-refractivity contribution in [2.45, 2.75) is 10.4 Å². The summed E-state index contributed by atoms with van der Waals surface area (Å²) in [5.74, 6) is -2.48. The fourth-order valence-corrected chi connectivity index (χ4v) is 1.94. The summed E-state index contributed by atoms with van der Waals surface area (Å²) >= 11 is 1.09. The van der Waals surface area contributed by atoms with Crippen molar-refractivity contribution in [3.05, 3.63) is 23.8 Å². The van der Waals surface area contributed by atoms with Gasteiger partial charge in [-0.05, 0) is 24.5 Å². The number of hydrogen-bond acceptors (Lipinski definition) is 5. The summed E-state index contributed by atoms with van der Waals surface area (Å²) in [7, 11) is -5.90. The summed E-state index contributed by atoms with van der Waals surface area (Å²) in [6, 6.07) is 3.20. The molecular formula is C9H7F3O5S2. The topological polar surface area (TPSA) is 80.7 Å². The first kappa shape index (κ1) is 15.6. The lowest BCUT2D eigenvalue weighted by molar-refractivity contribution is -0.0500. The van der Waals surface area contributed by atoms with E-state index in [2.05, 4.69) is 4.18 Å². The molecule has 0 aliphatic rings. The van der Waals surface area contributed by atoms with Crippen LogP contribution in [0.15, 0.2) is 23.1 Å². The molecule has 10 heteroatoms. The quantitative estimate of drug-likeness (QED) is 0.522. The van der Waals surface area contributed by atoms with Crippen LogP contribution in [0.1, 0.15) is 10.4 Å². The van der Waals surface area contributed by atoms with Gasteiger partial charge in [-0.2, -0.15) is 21.6 Å². The Morgan fingerprint density at radius 1 is 1.37 bits per heavy atom. The Balaban J connectivity index is 3.30. The Morgan fingerprint density at radius 2 is 1.95 bits per heavy atom. The number of carbonyl (C=O) groups is 1. The minimum Gasteiger partial charge on any atom is -0.478 e. The third-order valence-corrected chi connectivity index (χ3v) is 3.59. The van der Waals surface area contributed by atoms with E-state index in [4.69, 9.17) is 5.11 Å². The number of rotatable bonds is 4. The minimum absolute atomic E-state index is 0.359. The third kappa shape index (κ3) is 3.53. The molecule has 1 aromatic carbocycles. The molecule has 0 bridgehead atoms. The molecule has 0 aliphatic heterocycles. The Kier molecular flexibility index (Phi) is 4.35. The molecule has 0 radical (unpaired) electrons. The summed E-state index contributed by atoms with van der Waals surface area (Å²) in [5.41, 5.74) is -6.30. The van der Waals surface area contributed by atoms with Crippen LogP contribution in [0.2, 0.25) is 0 Å². The Morgan fingerprint density at radius 3 is 2.37 bits per heavy atom. The van der Waals surface area contributed by atoms with Crippen LogP contribution in [0.3, 0.4) is 0 Å². The first-order valence-electron chi connectivity index (χ1n) is 4.50. The van der Waals surface area contributed by atoms with E-state index in [1.54, 1.807) is 6.26 Å². The van der Waals surface area contributed by atoms with Crippen molar-refractivity contribution in [3.8, 4) is 5.75 Å². The molecule has 0 unspecified atom stereocenters. The zero-order valence-corrected chi connectivity index (χ0v) is 10.9. The van der Waals surface area contributed by atoms with E-state index in [0.717, 1.165) is 23.9 Å². The van der Waals surface area contributed by atoms with Gasteiger partial charge >= 0.3 is 21.6 Å². The van der Waals surface area contributed by atoms with Crippen molar-refractivity contribution in [1.82, 2.24) is 0 Å². The van der Waals surface area contributed by atoms with Crippen LogP contribution in [0.5, 0.6) is 5.75 Å². The van der Waals surface area contributed by atoms with Crippen molar-refractivity contribution in [2.75, 3.05) is 6.26 Å². The lowest BCUT2D eigenvalue weighted by Gasteiger charge is -2.12. The maximum Gasteiger partial charge on any atom is 0.534 e. The molecule has 0 fully saturated rings. The molecule has 0 aromatic heterocycles. The van der Waals surface area contributed by atoms with E-state index in [1.165, 1.54) is 6.07 Å². The van der Waals surface area contributed by atoms with Crippen molar-refractivity contribution >= 4 is 27.8 Å². The number of carboxylic acids is 1. The minimum atomic E-state index is -5.90. The van der Waals surface area contributed by atoms with E-state index in [1.807, 2.05) is 0 Å². The van der Waals surface area contributed by atoms with Crippen LogP contribution in [0.4, 0.5) is 13.2 Å². The number of carboxylic acid groups (broad SMARTS) is 1. The van der Waals surface area contributed by atoms with Crippen molar-refractivity contribution in [3.63, 3.8) is 0 Å². The lowest BCUT2D eigenvalue weighted by Crippen LogP contribution is -2.28. The molecule has 5 nitrogen and oxygen atoms in total. The first-order chi connectivity index (χ1) is 8.58. The molecule has 0 saturated carbocycles. The van der Waals surface area contributed by atoms with Gasteiger partial charge < -0.3 is 9.29 Å². The molecule has 1 N–H and O–H groups in total.